The zero-order chi connectivity index (χ0) is 13.8. The van der Waals surface area contributed by atoms with E-state index in [-0.39, 0.29) is 16.6 Å². The average molecular weight is 286 g/mol. The highest BCUT2D eigenvalue weighted by atomic mass is 32.1. The predicted molar refractivity (Wildman–Crippen MR) is 70.8 cm³/mol. The van der Waals surface area contributed by atoms with Crippen LogP contribution in [0.3, 0.4) is 0 Å². The topological polar surface area (TPSA) is 96.2 Å². The molecule has 0 bridgehead atoms. The van der Waals surface area contributed by atoms with Gasteiger partial charge in [0.15, 0.2) is 5.13 Å². The number of nitrogens with one attached hydrogen (secondary N) is 3. The first-order chi connectivity index (χ1) is 9.06. The van der Waals surface area contributed by atoms with E-state index in [1.165, 1.54) is 0 Å². The second kappa shape index (κ2) is 5.98. The molecule has 1 aromatic heterocycles. The van der Waals surface area contributed by atoms with Crippen LogP contribution >= 0.6 is 11.3 Å². The Labute approximate surface area is 113 Å². The molecular weight excluding hydrogens is 271 g/mol. The van der Waals surface area contributed by atoms with E-state index >= 15 is 0 Å². The van der Waals surface area contributed by atoms with Gasteiger partial charge in [-0.3, -0.25) is 4.79 Å². The highest BCUT2D eigenvalue weighted by Crippen LogP contribution is 2.26. The Morgan fingerprint density at radius 2 is 2.32 bits per heavy atom. The number of urea groups is 1. The molecule has 1 atom stereocenters. The largest absolute Gasteiger partial charge is 0.351 e. The van der Waals surface area contributed by atoms with Crippen molar-refractivity contribution in [2.24, 2.45) is 5.73 Å². The fourth-order valence-electron chi connectivity index (χ4n) is 1.98. The predicted octanol–water partition coefficient (Wildman–Crippen LogP) is 0.860. The van der Waals surface area contributed by atoms with Crippen LogP contribution in [0.25, 0.3) is 0 Å². The van der Waals surface area contributed by atoms with Crippen molar-refractivity contribution < 1.29 is 14.0 Å². The molecule has 0 radical (unpaired) electrons. The van der Waals surface area contributed by atoms with Crippen LogP contribution in [-0.4, -0.2) is 31.1 Å². The number of thiophene rings is 1. The first-order valence-corrected chi connectivity index (χ1v) is 6.75. The highest BCUT2D eigenvalue weighted by molar-refractivity contribution is 7.13. The number of amides is 3. The molecule has 5 N–H and O–H groups in total. The number of hydrogen-bond acceptors (Lipinski definition) is 4. The van der Waals surface area contributed by atoms with Gasteiger partial charge >= 0.3 is 6.03 Å². The maximum Gasteiger partial charge on any atom is 0.316 e. The number of carbonyl (C=O) groups excluding carboxylic acids is 2. The van der Waals surface area contributed by atoms with Crippen molar-refractivity contribution in [1.29, 1.82) is 0 Å². The summed E-state index contributed by atoms with van der Waals surface area (Å²) in [6, 6.07) is 0.280. The van der Waals surface area contributed by atoms with Crippen molar-refractivity contribution in [2.75, 3.05) is 18.4 Å². The van der Waals surface area contributed by atoms with Gasteiger partial charge in [-0.25, -0.2) is 4.79 Å². The first kappa shape index (κ1) is 13.8. The van der Waals surface area contributed by atoms with Gasteiger partial charge in [-0.2, -0.15) is 4.39 Å². The lowest BCUT2D eigenvalue weighted by Crippen LogP contribution is -2.45. The summed E-state index contributed by atoms with van der Waals surface area (Å²) in [6.45, 7) is 1.63. The van der Waals surface area contributed by atoms with Crippen LogP contribution in [0.4, 0.5) is 14.9 Å². The van der Waals surface area contributed by atoms with E-state index in [0.717, 1.165) is 25.5 Å². The fraction of sp³-hybridized carbons (Fsp3) is 0.455. The van der Waals surface area contributed by atoms with E-state index in [2.05, 4.69) is 16.0 Å². The standard InChI is InChI=1S/C11H15FN4O2S/c12-8-4-7(16-11(13)18)9(19-8)10(17)15-6-2-1-3-14-5-6/h4,6,14H,1-3,5H2,(H,15,17)(H3,13,16,18)/t6-/m0/s1. The average Bonchev–Trinajstić information content (AvgIpc) is 2.70. The van der Waals surface area contributed by atoms with E-state index in [9.17, 15) is 14.0 Å². The highest BCUT2D eigenvalue weighted by Gasteiger charge is 2.21. The van der Waals surface area contributed by atoms with Crippen LogP contribution in [-0.2, 0) is 0 Å². The molecule has 0 spiro atoms. The Balaban J connectivity index is 2.07. The lowest BCUT2D eigenvalue weighted by Gasteiger charge is -2.23. The molecule has 1 aliphatic heterocycles. The zero-order valence-corrected chi connectivity index (χ0v) is 11.0. The van der Waals surface area contributed by atoms with Gasteiger partial charge < -0.3 is 21.7 Å². The molecule has 104 valence electrons. The Morgan fingerprint density at radius 3 is 2.95 bits per heavy atom. The Hall–Kier alpha value is -1.67. The summed E-state index contributed by atoms with van der Waals surface area (Å²) >= 11 is 0.684. The van der Waals surface area contributed by atoms with Gasteiger partial charge in [0.2, 0.25) is 0 Å². The van der Waals surface area contributed by atoms with E-state index in [4.69, 9.17) is 5.73 Å². The maximum atomic E-state index is 13.2. The van der Waals surface area contributed by atoms with Gasteiger partial charge in [0.05, 0.1) is 5.69 Å². The number of hydrogen-bond donors (Lipinski definition) is 4. The fourth-order valence-corrected chi connectivity index (χ4v) is 2.72. The number of piperidine rings is 1. The minimum absolute atomic E-state index is 0.0211. The molecule has 19 heavy (non-hydrogen) atoms. The normalized spacial score (nSPS) is 18.9. The van der Waals surface area contributed by atoms with Crippen LogP contribution in [0.1, 0.15) is 22.5 Å². The summed E-state index contributed by atoms with van der Waals surface area (Å²) in [7, 11) is 0. The van der Waals surface area contributed by atoms with Gasteiger partial charge in [0, 0.05) is 18.7 Å². The molecule has 6 nitrogen and oxygen atoms in total. The molecule has 0 unspecified atom stereocenters. The second-order valence-electron chi connectivity index (χ2n) is 4.30. The number of rotatable bonds is 3. The molecule has 8 heteroatoms. The van der Waals surface area contributed by atoms with Crippen molar-refractivity contribution in [2.45, 2.75) is 18.9 Å². The SMILES string of the molecule is NC(=O)Nc1cc(F)sc1C(=O)N[C@H]1CCCNC1. The van der Waals surface area contributed by atoms with Crippen molar-refractivity contribution >= 4 is 29.0 Å². The van der Waals surface area contributed by atoms with Crippen molar-refractivity contribution in [3.63, 3.8) is 0 Å². The number of nitrogens with two attached hydrogens (primary N) is 1. The van der Waals surface area contributed by atoms with Crippen LogP contribution in [0.5, 0.6) is 0 Å². The van der Waals surface area contributed by atoms with Gasteiger partial charge in [-0.1, -0.05) is 11.3 Å². The summed E-state index contributed by atoms with van der Waals surface area (Å²) in [4.78, 5) is 23.0. The van der Waals surface area contributed by atoms with Crippen molar-refractivity contribution in [3.05, 3.63) is 16.1 Å². The van der Waals surface area contributed by atoms with Crippen molar-refractivity contribution in [1.82, 2.24) is 10.6 Å². The lowest BCUT2D eigenvalue weighted by molar-refractivity contribution is 0.0935. The van der Waals surface area contributed by atoms with E-state index < -0.39 is 17.1 Å². The Kier molecular flexibility index (Phi) is 4.33. The van der Waals surface area contributed by atoms with Gasteiger partial charge in [-0.15, -0.1) is 0 Å². The number of carbonyl (C=O) groups is 2. The molecule has 3 amide bonds. The van der Waals surface area contributed by atoms with E-state index in [1.54, 1.807) is 0 Å². The summed E-state index contributed by atoms with van der Waals surface area (Å²) in [5, 5.41) is 7.68. The molecule has 1 saturated heterocycles. The second-order valence-corrected chi connectivity index (χ2v) is 5.30. The monoisotopic (exact) mass is 286 g/mol. The molecule has 1 aliphatic rings. The van der Waals surface area contributed by atoms with Crippen LogP contribution in [0.2, 0.25) is 0 Å². The minimum Gasteiger partial charge on any atom is -0.351 e. The smallest absolute Gasteiger partial charge is 0.316 e. The Bertz CT molecular complexity index is 485. The van der Waals surface area contributed by atoms with Gasteiger partial charge in [0.1, 0.15) is 4.88 Å². The third-order valence-electron chi connectivity index (χ3n) is 2.80. The van der Waals surface area contributed by atoms with Crippen LogP contribution in [0.15, 0.2) is 6.07 Å². The summed E-state index contributed by atoms with van der Waals surface area (Å²) < 4.78 is 13.2. The third-order valence-corrected chi connectivity index (χ3v) is 3.72. The quantitative estimate of drug-likeness (QED) is 0.663. The number of halogens is 1. The van der Waals surface area contributed by atoms with Gasteiger partial charge in [-0.05, 0) is 19.4 Å². The van der Waals surface area contributed by atoms with E-state index in [1.807, 2.05) is 0 Å². The van der Waals surface area contributed by atoms with Crippen LogP contribution < -0.4 is 21.7 Å². The molecule has 1 fully saturated rings. The molecule has 0 aromatic carbocycles. The van der Waals surface area contributed by atoms with Crippen LogP contribution in [0, 0.1) is 5.13 Å². The molecule has 2 heterocycles. The number of primary amides is 1. The minimum atomic E-state index is -0.828. The summed E-state index contributed by atoms with van der Waals surface area (Å²) in [5.74, 6) is -0.397. The lowest BCUT2D eigenvalue weighted by atomic mass is 10.1. The number of anilines is 1. The first-order valence-electron chi connectivity index (χ1n) is 5.93. The van der Waals surface area contributed by atoms with Gasteiger partial charge in [0.25, 0.3) is 5.91 Å². The molecule has 1 aromatic rings. The molecule has 2 rings (SSSR count). The summed E-state index contributed by atoms with van der Waals surface area (Å²) in [6.07, 6.45) is 1.86. The zero-order valence-electron chi connectivity index (χ0n) is 10.2. The van der Waals surface area contributed by atoms with E-state index in [0.29, 0.717) is 17.9 Å². The summed E-state index contributed by atoms with van der Waals surface area (Å²) in [5.41, 5.74) is 5.09. The van der Waals surface area contributed by atoms with Crippen molar-refractivity contribution in [3.8, 4) is 0 Å². The Morgan fingerprint density at radius 1 is 1.53 bits per heavy atom. The molecule has 0 aliphatic carbocycles. The third kappa shape index (κ3) is 3.65. The molecular formula is C11H15FN4O2S. The maximum absolute atomic E-state index is 13.2. The molecule has 0 saturated carbocycles.